The van der Waals surface area contributed by atoms with E-state index >= 15 is 0 Å². The maximum absolute atomic E-state index is 12.6. The molecule has 0 aliphatic carbocycles. The fourth-order valence-corrected chi connectivity index (χ4v) is 4.06. The Kier molecular flexibility index (Phi) is 7.56. The van der Waals surface area contributed by atoms with Gasteiger partial charge in [-0.1, -0.05) is 66.0 Å². The van der Waals surface area contributed by atoms with E-state index in [4.69, 9.17) is 39.8 Å². The third-order valence-electron chi connectivity index (χ3n) is 5.26. The molecule has 0 saturated carbocycles. The topological polar surface area (TPSA) is 58.9 Å². The molecule has 0 unspecified atom stereocenters. The lowest BCUT2D eigenvalue weighted by atomic mass is 10.1. The molecule has 33 heavy (non-hydrogen) atoms. The number of likely N-dealkylation sites (N-methyl/N-ethyl adjacent to an activating group) is 1. The van der Waals surface area contributed by atoms with Gasteiger partial charge < -0.3 is 15.2 Å². The van der Waals surface area contributed by atoms with Gasteiger partial charge in [-0.05, 0) is 48.5 Å². The van der Waals surface area contributed by atoms with E-state index in [1.54, 1.807) is 12.1 Å². The SMILES string of the molecule is CCNCCNC(=O)c1cccc(-c2nc3cc(Cl)c(Cl)cc3n2Cc2ccc(Cl)cc2)c1. The summed E-state index contributed by atoms with van der Waals surface area (Å²) in [4.78, 5) is 17.5. The van der Waals surface area contributed by atoms with Crippen LogP contribution in [0.15, 0.2) is 60.7 Å². The van der Waals surface area contributed by atoms with Gasteiger partial charge in [-0.3, -0.25) is 4.79 Å². The number of imidazole rings is 1. The fraction of sp³-hybridized carbons (Fsp3) is 0.200. The maximum Gasteiger partial charge on any atom is 0.251 e. The third kappa shape index (κ3) is 5.50. The summed E-state index contributed by atoms with van der Waals surface area (Å²) < 4.78 is 2.07. The molecule has 0 aliphatic rings. The first-order chi connectivity index (χ1) is 16.0. The quantitative estimate of drug-likeness (QED) is 0.289. The summed E-state index contributed by atoms with van der Waals surface area (Å²) in [6.45, 7) is 4.73. The van der Waals surface area contributed by atoms with Crippen LogP contribution in [-0.4, -0.2) is 35.1 Å². The maximum atomic E-state index is 12.6. The molecule has 8 heteroatoms. The summed E-state index contributed by atoms with van der Waals surface area (Å²) in [6.07, 6.45) is 0. The number of rotatable bonds is 8. The standard InChI is InChI=1S/C25H23Cl3N4O/c1-2-29-10-11-30-25(33)18-5-3-4-17(12-18)24-31-22-13-20(27)21(28)14-23(22)32(24)15-16-6-8-19(26)9-7-16/h3-9,12-14,29H,2,10-11,15H2,1H3,(H,30,33). The molecule has 2 N–H and O–H groups in total. The number of fused-ring (bicyclic) bond motifs is 1. The minimum atomic E-state index is -0.124. The molecule has 0 saturated heterocycles. The molecule has 0 bridgehead atoms. The van der Waals surface area contributed by atoms with Crippen LogP contribution in [0.3, 0.4) is 0 Å². The smallest absolute Gasteiger partial charge is 0.251 e. The van der Waals surface area contributed by atoms with Crippen molar-refractivity contribution in [2.45, 2.75) is 13.5 Å². The Hall–Kier alpha value is -2.57. The second-order valence-electron chi connectivity index (χ2n) is 7.59. The molecular formula is C25H23Cl3N4O. The zero-order valence-electron chi connectivity index (χ0n) is 18.0. The predicted octanol–water partition coefficient (Wildman–Crippen LogP) is 6.05. The van der Waals surface area contributed by atoms with E-state index < -0.39 is 0 Å². The normalized spacial score (nSPS) is 11.2. The lowest BCUT2D eigenvalue weighted by molar-refractivity contribution is 0.0954. The van der Waals surface area contributed by atoms with Crippen LogP contribution in [0.5, 0.6) is 0 Å². The highest BCUT2D eigenvalue weighted by molar-refractivity contribution is 6.42. The minimum Gasteiger partial charge on any atom is -0.351 e. The highest BCUT2D eigenvalue weighted by Crippen LogP contribution is 2.32. The molecule has 1 heterocycles. The number of hydrogen-bond donors (Lipinski definition) is 2. The Morgan fingerprint density at radius 1 is 0.970 bits per heavy atom. The molecule has 1 aromatic heterocycles. The Labute approximate surface area is 207 Å². The Morgan fingerprint density at radius 2 is 1.73 bits per heavy atom. The largest absolute Gasteiger partial charge is 0.351 e. The fourth-order valence-electron chi connectivity index (χ4n) is 3.62. The zero-order chi connectivity index (χ0) is 23.4. The van der Waals surface area contributed by atoms with Gasteiger partial charge in [0.15, 0.2) is 0 Å². The predicted molar refractivity (Wildman–Crippen MR) is 137 cm³/mol. The summed E-state index contributed by atoms with van der Waals surface area (Å²) in [7, 11) is 0. The van der Waals surface area contributed by atoms with Crippen LogP contribution in [0, 0.1) is 0 Å². The van der Waals surface area contributed by atoms with Gasteiger partial charge in [-0.25, -0.2) is 4.98 Å². The average Bonchev–Trinajstić information content (AvgIpc) is 3.15. The molecule has 0 atom stereocenters. The van der Waals surface area contributed by atoms with E-state index in [0.29, 0.717) is 33.7 Å². The Bertz CT molecular complexity index is 1290. The Balaban J connectivity index is 1.73. The van der Waals surface area contributed by atoms with Gasteiger partial charge in [0.1, 0.15) is 5.82 Å². The number of hydrogen-bond acceptors (Lipinski definition) is 3. The van der Waals surface area contributed by atoms with Gasteiger partial charge in [0.05, 0.1) is 21.1 Å². The number of amides is 1. The number of carbonyl (C=O) groups is 1. The highest BCUT2D eigenvalue weighted by atomic mass is 35.5. The second-order valence-corrected chi connectivity index (χ2v) is 8.84. The highest BCUT2D eigenvalue weighted by Gasteiger charge is 2.17. The van der Waals surface area contributed by atoms with Gasteiger partial charge in [-0.15, -0.1) is 0 Å². The molecule has 5 nitrogen and oxygen atoms in total. The van der Waals surface area contributed by atoms with Crippen molar-refractivity contribution in [2.24, 2.45) is 0 Å². The van der Waals surface area contributed by atoms with Gasteiger partial charge in [0, 0.05) is 35.8 Å². The van der Waals surface area contributed by atoms with E-state index in [9.17, 15) is 4.79 Å². The molecule has 0 radical (unpaired) electrons. The number of carbonyl (C=O) groups excluding carboxylic acids is 1. The van der Waals surface area contributed by atoms with Crippen molar-refractivity contribution >= 4 is 51.7 Å². The molecule has 0 spiro atoms. The van der Waals surface area contributed by atoms with Crippen LogP contribution in [0.25, 0.3) is 22.4 Å². The zero-order valence-corrected chi connectivity index (χ0v) is 20.3. The lowest BCUT2D eigenvalue weighted by Crippen LogP contribution is -2.31. The van der Waals surface area contributed by atoms with Crippen molar-refractivity contribution in [3.8, 4) is 11.4 Å². The first-order valence-electron chi connectivity index (χ1n) is 10.7. The van der Waals surface area contributed by atoms with E-state index in [1.165, 1.54) is 0 Å². The number of nitrogens with zero attached hydrogens (tertiary/aromatic N) is 2. The van der Waals surface area contributed by atoms with Crippen molar-refractivity contribution in [3.63, 3.8) is 0 Å². The Morgan fingerprint density at radius 3 is 2.48 bits per heavy atom. The van der Waals surface area contributed by atoms with E-state index in [1.807, 2.05) is 55.5 Å². The van der Waals surface area contributed by atoms with Crippen molar-refractivity contribution in [3.05, 3.63) is 86.9 Å². The first kappa shape index (κ1) is 23.6. The summed E-state index contributed by atoms with van der Waals surface area (Å²) in [6, 6.07) is 18.7. The summed E-state index contributed by atoms with van der Waals surface area (Å²) >= 11 is 18.6. The van der Waals surface area contributed by atoms with Crippen molar-refractivity contribution in [1.82, 2.24) is 20.2 Å². The van der Waals surface area contributed by atoms with Gasteiger partial charge in [-0.2, -0.15) is 0 Å². The van der Waals surface area contributed by atoms with Crippen molar-refractivity contribution in [1.29, 1.82) is 0 Å². The lowest BCUT2D eigenvalue weighted by Gasteiger charge is -2.11. The molecule has 0 aliphatic heterocycles. The molecular weight excluding hydrogens is 479 g/mol. The number of benzene rings is 3. The van der Waals surface area contributed by atoms with Gasteiger partial charge in [0.2, 0.25) is 0 Å². The molecule has 0 fully saturated rings. The van der Waals surface area contributed by atoms with Crippen LogP contribution >= 0.6 is 34.8 Å². The third-order valence-corrected chi connectivity index (χ3v) is 6.24. The van der Waals surface area contributed by atoms with E-state index in [0.717, 1.165) is 41.1 Å². The van der Waals surface area contributed by atoms with Gasteiger partial charge in [0.25, 0.3) is 5.91 Å². The van der Waals surface area contributed by atoms with Crippen LogP contribution in [0.1, 0.15) is 22.8 Å². The number of aromatic nitrogens is 2. The van der Waals surface area contributed by atoms with Crippen LogP contribution in [0.2, 0.25) is 15.1 Å². The van der Waals surface area contributed by atoms with Crippen LogP contribution < -0.4 is 10.6 Å². The first-order valence-corrected chi connectivity index (χ1v) is 11.8. The summed E-state index contributed by atoms with van der Waals surface area (Å²) in [5, 5.41) is 7.71. The van der Waals surface area contributed by atoms with Crippen LogP contribution in [0.4, 0.5) is 0 Å². The number of halogens is 3. The molecule has 1 amide bonds. The van der Waals surface area contributed by atoms with Crippen LogP contribution in [-0.2, 0) is 6.54 Å². The summed E-state index contributed by atoms with van der Waals surface area (Å²) in [5.41, 5.74) is 4.05. The van der Waals surface area contributed by atoms with Crippen molar-refractivity contribution in [2.75, 3.05) is 19.6 Å². The number of nitrogens with one attached hydrogen (secondary N) is 2. The molecule has 170 valence electrons. The second kappa shape index (κ2) is 10.6. The van der Waals surface area contributed by atoms with Crippen molar-refractivity contribution < 1.29 is 4.79 Å². The summed E-state index contributed by atoms with van der Waals surface area (Å²) in [5.74, 6) is 0.599. The minimum absolute atomic E-state index is 0.124. The van der Waals surface area contributed by atoms with E-state index in [-0.39, 0.29) is 5.91 Å². The molecule has 4 rings (SSSR count). The monoisotopic (exact) mass is 500 g/mol. The average molecular weight is 502 g/mol. The molecule has 4 aromatic rings. The van der Waals surface area contributed by atoms with E-state index in [2.05, 4.69) is 15.2 Å². The molecule has 3 aromatic carbocycles. The van der Waals surface area contributed by atoms with Gasteiger partial charge >= 0.3 is 0 Å².